The van der Waals surface area contributed by atoms with Crippen molar-refractivity contribution in [2.75, 3.05) is 33.4 Å². The van der Waals surface area contributed by atoms with E-state index in [4.69, 9.17) is 20.1 Å². The van der Waals surface area contributed by atoms with Crippen LogP contribution in [-0.2, 0) is 9.47 Å². The van der Waals surface area contributed by atoms with Crippen molar-refractivity contribution in [2.45, 2.75) is 39.1 Å². The lowest BCUT2D eigenvalue weighted by atomic mass is 9.96. The first kappa shape index (κ1) is 21.2. The van der Waals surface area contributed by atoms with Crippen molar-refractivity contribution in [3.05, 3.63) is 23.5 Å². The van der Waals surface area contributed by atoms with Crippen molar-refractivity contribution in [3.8, 4) is 17.6 Å². The van der Waals surface area contributed by atoms with Crippen LogP contribution in [0.15, 0.2) is 22.4 Å². The molecule has 2 aliphatic rings. The van der Waals surface area contributed by atoms with E-state index in [1.165, 1.54) is 0 Å². The van der Waals surface area contributed by atoms with Gasteiger partial charge in [0.25, 0.3) is 0 Å². The van der Waals surface area contributed by atoms with Gasteiger partial charge in [-0.2, -0.15) is 5.10 Å². The number of hydrogen-bond acceptors (Lipinski definition) is 8. The second kappa shape index (κ2) is 9.83. The van der Waals surface area contributed by atoms with E-state index >= 15 is 0 Å². The number of nitrogens with two attached hydrogens (primary N) is 1. The van der Waals surface area contributed by atoms with E-state index in [0.717, 1.165) is 18.4 Å². The van der Waals surface area contributed by atoms with E-state index in [-0.39, 0.29) is 17.8 Å². The first-order chi connectivity index (χ1) is 14.0. The number of pyridine rings is 1. The number of aromatic nitrogens is 1. The summed E-state index contributed by atoms with van der Waals surface area (Å²) in [7, 11) is 1.85. The Morgan fingerprint density at radius 2 is 2.17 bits per heavy atom. The largest absolute Gasteiger partial charge is 0.488 e. The molecule has 0 spiro atoms. The lowest BCUT2D eigenvalue weighted by Crippen LogP contribution is -2.39. The van der Waals surface area contributed by atoms with E-state index < -0.39 is 0 Å². The maximum Gasteiger partial charge on any atom is 0.176 e. The van der Waals surface area contributed by atoms with Crippen LogP contribution in [-0.4, -0.2) is 62.7 Å². The van der Waals surface area contributed by atoms with Crippen molar-refractivity contribution < 1.29 is 14.2 Å². The number of aliphatic imine (C=N–C) groups is 1. The highest BCUT2D eigenvalue weighted by Gasteiger charge is 2.28. The first-order valence-electron chi connectivity index (χ1n) is 9.82. The van der Waals surface area contributed by atoms with Crippen LogP contribution >= 0.6 is 0 Å². The van der Waals surface area contributed by atoms with E-state index in [0.29, 0.717) is 43.5 Å². The van der Waals surface area contributed by atoms with Gasteiger partial charge < -0.3 is 25.4 Å². The lowest BCUT2D eigenvalue weighted by molar-refractivity contribution is -0.215. The normalized spacial score (nSPS) is 19.8. The minimum atomic E-state index is -0.363. The summed E-state index contributed by atoms with van der Waals surface area (Å²) in [5.41, 5.74) is 1.79. The monoisotopic (exact) mass is 399 g/mol. The molecular weight excluding hydrogens is 370 g/mol. The molecule has 2 heterocycles. The van der Waals surface area contributed by atoms with Crippen LogP contribution in [0.3, 0.4) is 0 Å². The predicted octanol–water partition coefficient (Wildman–Crippen LogP) is 1.33. The topological polar surface area (TPSA) is 103 Å². The van der Waals surface area contributed by atoms with E-state index in [2.05, 4.69) is 46.1 Å². The smallest absolute Gasteiger partial charge is 0.176 e. The highest BCUT2D eigenvalue weighted by molar-refractivity contribution is 6.38. The van der Waals surface area contributed by atoms with Gasteiger partial charge in [0.2, 0.25) is 0 Å². The van der Waals surface area contributed by atoms with E-state index in [1.54, 1.807) is 12.4 Å². The van der Waals surface area contributed by atoms with Crippen molar-refractivity contribution in [1.82, 2.24) is 10.3 Å². The van der Waals surface area contributed by atoms with Gasteiger partial charge in [0.15, 0.2) is 6.29 Å². The summed E-state index contributed by atoms with van der Waals surface area (Å²) in [4.78, 5) is 8.87. The fraction of sp³-hybridized carbons (Fsp3) is 0.571. The Balaban J connectivity index is 1.70. The van der Waals surface area contributed by atoms with Gasteiger partial charge in [-0.25, -0.2) is 4.98 Å². The number of nitrogens with zero attached hydrogens (tertiary/aromatic N) is 3. The summed E-state index contributed by atoms with van der Waals surface area (Å²) in [5.74, 6) is 12.3. The first-order valence-corrected chi connectivity index (χ1v) is 9.82. The van der Waals surface area contributed by atoms with Crippen LogP contribution in [0.5, 0.6) is 5.75 Å². The molecule has 0 unspecified atom stereocenters. The third-order valence-electron chi connectivity index (χ3n) is 4.34. The van der Waals surface area contributed by atoms with Crippen molar-refractivity contribution in [3.63, 3.8) is 0 Å². The third-order valence-corrected chi connectivity index (χ3v) is 4.34. The molecule has 1 aliphatic carbocycles. The molecule has 0 radical (unpaired) electrons. The Morgan fingerprint density at radius 1 is 1.41 bits per heavy atom. The molecule has 156 valence electrons. The third kappa shape index (κ3) is 6.53. The standard InChI is InChI=1S/C21H29N5O3/c1-21(2)13-27-19(28-14-21)12-24-11-17(26-22)20-18(29-16-6-7-16)9-15(10-25-20)5-4-8-23-3/h9-11,16,19,23H,6-8,12-14,22H2,1-3H3/b24-11?,26-17+. The molecule has 0 amide bonds. The Kier molecular flexibility index (Phi) is 7.20. The second-order valence-electron chi connectivity index (χ2n) is 7.94. The van der Waals surface area contributed by atoms with Gasteiger partial charge in [-0.15, -0.1) is 0 Å². The quantitative estimate of drug-likeness (QED) is 0.310. The summed E-state index contributed by atoms with van der Waals surface area (Å²) in [5, 5.41) is 6.84. The number of ether oxygens (including phenoxy) is 3. The van der Waals surface area contributed by atoms with Gasteiger partial charge >= 0.3 is 0 Å². The molecular formula is C21H29N5O3. The van der Waals surface area contributed by atoms with Crippen molar-refractivity contribution in [2.24, 2.45) is 21.4 Å². The highest BCUT2D eigenvalue weighted by Crippen LogP contribution is 2.29. The molecule has 1 aromatic heterocycles. The average molecular weight is 399 g/mol. The van der Waals surface area contributed by atoms with Crippen LogP contribution in [0, 0.1) is 17.3 Å². The second-order valence-corrected chi connectivity index (χ2v) is 7.94. The van der Waals surface area contributed by atoms with E-state index in [9.17, 15) is 0 Å². The minimum absolute atomic E-state index is 0.0287. The van der Waals surface area contributed by atoms with Crippen LogP contribution in [0.25, 0.3) is 0 Å². The molecule has 1 aliphatic heterocycles. The van der Waals surface area contributed by atoms with Gasteiger partial charge in [0, 0.05) is 17.2 Å². The fourth-order valence-electron chi connectivity index (χ4n) is 2.61. The Labute approximate surface area is 171 Å². The molecule has 1 saturated carbocycles. The van der Waals surface area contributed by atoms with Gasteiger partial charge in [0.1, 0.15) is 17.2 Å². The molecule has 2 fully saturated rings. The van der Waals surface area contributed by atoms with Crippen LogP contribution in [0.1, 0.15) is 37.9 Å². The molecule has 3 rings (SSSR count). The van der Waals surface area contributed by atoms with Gasteiger partial charge in [-0.3, -0.25) is 4.99 Å². The highest BCUT2D eigenvalue weighted by atomic mass is 16.7. The molecule has 3 N–H and O–H groups in total. The maximum absolute atomic E-state index is 6.01. The number of rotatable bonds is 7. The zero-order valence-corrected chi connectivity index (χ0v) is 17.3. The Morgan fingerprint density at radius 3 is 2.83 bits per heavy atom. The minimum Gasteiger partial charge on any atom is -0.488 e. The molecule has 8 nitrogen and oxygen atoms in total. The van der Waals surface area contributed by atoms with Gasteiger partial charge in [-0.1, -0.05) is 25.7 Å². The zero-order valence-electron chi connectivity index (χ0n) is 17.3. The van der Waals surface area contributed by atoms with Gasteiger partial charge in [0.05, 0.1) is 38.6 Å². The molecule has 29 heavy (non-hydrogen) atoms. The maximum atomic E-state index is 6.01. The summed E-state index contributed by atoms with van der Waals surface area (Å²) in [6.07, 6.45) is 5.18. The van der Waals surface area contributed by atoms with Crippen molar-refractivity contribution >= 4 is 11.9 Å². The van der Waals surface area contributed by atoms with Crippen LogP contribution in [0.2, 0.25) is 0 Å². The summed E-state index contributed by atoms with van der Waals surface area (Å²) >= 11 is 0. The molecule has 8 heteroatoms. The Hall–Kier alpha value is -2.47. The van der Waals surface area contributed by atoms with E-state index in [1.807, 2.05) is 13.1 Å². The summed E-state index contributed by atoms with van der Waals surface area (Å²) in [6.45, 7) is 6.45. The SMILES string of the molecule is CNCC#Cc1cnc(/C(C=NCC2OCC(C)(C)CO2)=N/N)c(OC2CC2)c1. The fourth-order valence-corrected chi connectivity index (χ4v) is 2.61. The zero-order chi connectivity index (χ0) is 20.7. The molecule has 0 atom stereocenters. The van der Waals surface area contributed by atoms with Crippen molar-refractivity contribution in [1.29, 1.82) is 0 Å². The molecule has 0 aromatic carbocycles. The predicted molar refractivity (Wildman–Crippen MR) is 112 cm³/mol. The van der Waals surface area contributed by atoms with Crippen LogP contribution in [0.4, 0.5) is 0 Å². The molecule has 1 aromatic rings. The average Bonchev–Trinajstić information content (AvgIpc) is 3.51. The number of nitrogens with one attached hydrogen (secondary N) is 1. The van der Waals surface area contributed by atoms with Gasteiger partial charge in [-0.05, 0) is 26.0 Å². The van der Waals surface area contributed by atoms with Crippen LogP contribution < -0.4 is 15.9 Å². The Bertz CT molecular complexity index is 811. The lowest BCUT2D eigenvalue weighted by Gasteiger charge is -2.33. The number of hydrogen-bond donors (Lipinski definition) is 2. The number of hydrazone groups is 1. The molecule has 0 bridgehead atoms. The molecule has 1 saturated heterocycles. The summed E-state index contributed by atoms with van der Waals surface area (Å²) < 4.78 is 17.4. The summed E-state index contributed by atoms with van der Waals surface area (Å²) in [6, 6.07) is 1.87.